The third-order valence-electron chi connectivity index (χ3n) is 4.66. The fourth-order valence-electron chi connectivity index (χ4n) is 3.03. The zero-order valence-electron chi connectivity index (χ0n) is 13.0. The van der Waals surface area contributed by atoms with Crippen molar-refractivity contribution in [3.05, 3.63) is 29.3 Å². The Bertz CT molecular complexity index is 491. The fraction of sp³-hybridized carbons (Fsp3) is 0.588. The minimum absolute atomic E-state index is 0.0114. The molecule has 21 heavy (non-hydrogen) atoms. The highest BCUT2D eigenvalue weighted by molar-refractivity contribution is 6.30. The van der Waals surface area contributed by atoms with Gasteiger partial charge in [-0.2, -0.15) is 0 Å². The molecule has 1 aromatic carbocycles. The molecule has 1 fully saturated rings. The lowest BCUT2D eigenvalue weighted by Crippen LogP contribution is -2.49. The number of hydrogen-bond acceptors (Lipinski definition) is 2. The first-order chi connectivity index (χ1) is 9.97. The Morgan fingerprint density at radius 1 is 1.33 bits per heavy atom. The smallest absolute Gasteiger partial charge is 0.241 e. The average Bonchev–Trinajstić information content (AvgIpc) is 2.44. The SMILES string of the molecule is C[C@@H]1[C@H](C)CCC[C@@H]1N[C@@H](C)C(=O)Nc1cccc(Cl)c1. The van der Waals surface area contributed by atoms with Crippen LogP contribution in [0.15, 0.2) is 24.3 Å². The zero-order chi connectivity index (χ0) is 15.4. The van der Waals surface area contributed by atoms with Gasteiger partial charge in [-0.1, -0.05) is 44.4 Å². The lowest BCUT2D eigenvalue weighted by Gasteiger charge is -2.36. The first-order valence-electron chi connectivity index (χ1n) is 7.80. The molecule has 0 aromatic heterocycles. The highest BCUT2D eigenvalue weighted by Crippen LogP contribution is 2.29. The molecule has 0 bridgehead atoms. The second kappa shape index (κ2) is 7.28. The lowest BCUT2D eigenvalue weighted by molar-refractivity contribution is -0.118. The molecule has 0 saturated heterocycles. The molecule has 1 amide bonds. The first-order valence-corrected chi connectivity index (χ1v) is 8.17. The van der Waals surface area contributed by atoms with Gasteiger partial charge in [0.15, 0.2) is 0 Å². The summed E-state index contributed by atoms with van der Waals surface area (Å²) in [6.45, 7) is 6.50. The van der Waals surface area contributed by atoms with Gasteiger partial charge in [-0.15, -0.1) is 0 Å². The normalized spacial score (nSPS) is 27.1. The summed E-state index contributed by atoms with van der Waals surface area (Å²) in [7, 11) is 0. The molecular weight excluding hydrogens is 284 g/mol. The van der Waals surface area contributed by atoms with Crippen LogP contribution in [0.3, 0.4) is 0 Å². The minimum atomic E-state index is -0.207. The number of nitrogens with one attached hydrogen (secondary N) is 2. The van der Waals surface area contributed by atoms with E-state index in [4.69, 9.17) is 11.6 Å². The summed E-state index contributed by atoms with van der Waals surface area (Å²) in [6, 6.07) is 7.46. The zero-order valence-corrected chi connectivity index (χ0v) is 13.8. The van der Waals surface area contributed by atoms with Crippen molar-refractivity contribution in [3.63, 3.8) is 0 Å². The second-order valence-corrected chi connectivity index (χ2v) is 6.70. The predicted octanol–water partition coefficient (Wildman–Crippen LogP) is 4.08. The fourth-order valence-corrected chi connectivity index (χ4v) is 3.22. The maximum absolute atomic E-state index is 12.3. The average molecular weight is 309 g/mol. The van der Waals surface area contributed by atoms with Gasteiger partial charge in [0.25, 0.3) is 0 Å². The third-order valence-corrected chi connectivity index (χ3v) is 4.89. The van der Waals surface area contributed by atoms with Crippen molar-refractivity contribution in [1.29, 1.82) is 0 Å². The number of carbonyl (C=O) groups is 1. The van der Waals surface area contributed by atoms with Gasteiger partial charge in [0.1, 0.15) is 0 Å². The van der Waals surface area contributed by atoms with E-state index < -0.39 is 0 Å². The van der Waals surface area contributed by atoms with Crippen LogP contribution < -0.4 is 10.6 Å². The summed E-state index contributed by atoms with van der Waals surface area (Å²) in [5.41, 5.74) is 0.742. The number of halogens is 1. The summed E-state index contributed by atoms with van der Waals surface area (Å²) in [5.74, 6) is 1.32. The van der Waals surface area contributed by atoms with Crippen LogP contribution in [0.25, 0.3) is 0 Å². The van der Waals surface area contributed by atoms with E-state index in [0.29, 0.717) is 17.0 Å². The summed E-state index contributed by atoms with van der Waals surface area (Å²) in [5, 5.41) is 7.03. The molecule has 0 aliphatic heterocycles. The molecule has 4 heteroatoms. The molecule has 1 aliphatic carbocycles. The summed E-state index contributed by atoms with van der Waals surface area (Å²) in [4.78, 5) is 12.3. The molecule has 0 spiro atoms. The molecule has 1 saturated carbocycles. The molecule has 116 valence electrons. The van der Waals surface area contributed by atoms with Crippen LogP contribution in [0, 0.1) is 11.8 Å². The van der Waals surface area contributed by atoms with Crippen molar-refractivity contribution in [2.75, 3.05) is 5.32 Å². The van der Waals surface area contributed by atoms with Crippen LogP contribution in [0.4, 0.5) is 5.69 Å². The van der Waals surface area contributed by atoms with Crippen molar-refractivity contribution in [1.82, 2.24) is 5.32 Å². The molecule has 3 nitrogen and oxygen atoms in total. The molecule has 0 heterocycles. The second-order valence-electron chi connectivity index (χ2n) is 6.26. The van der Waals surface area contributed by atoms with Gasteiger partial charge >= 0.3 is 0 Å². The van der Waals surface area contributed by atoms with Gasteiger partial charge in [0.2, 0.25) is 5.91 Å². The Balaban J connectivity index is 1.90. The Morgan fingerprint density at radius 3 is 2.81 bits per heavy atom. The number of anilines is 1. The van der Waals surface area contributed by atoms with Gasteiger partial charge in [-0.3, -0.25) is 4.79 Å². The largest absolute Gasteiger partial charge is 0.325 e. The number of rotatable bonds is 4. The monoisotopic (exact) mass is 308 g/mol. The van der Waals surface area contributed by atoms with Crippen molar-refractivity contribution < 1.29 is 4.79 Å². The maximum Gasteiger partial charge on any atom is 0.241 e. The number of hydrogen-bond donors (Lipinski definition) is 2. The van der Waals surface area contributed by atoms with Crippen LogP contribution in [0.2, 0.25) is 5.02 Å². The molecule has 1 aliphatic rings. The van der Waals surface area contributed by atoms with E-state index >= 15 is 0 Å². The van der Waals surface area contributed by atoms with Crippen molar-refractivity contribution >= 4 is 23.2 Å². The highest BCUT2D eigenvalue weighted by Gasteiger charge is 2.29. The summed E-state index contributed by atoms with van der Waals surface area (Å²) >= 11 is 5.93. The Labute approximate surface area is 132 Å². The van der Waals surface area contributed by atoms with Gasteiger partial charge in [-0.05, 0) is 43.4 Å². The van der Waals surface area contributed by atoms with Crippen LogP contribution in [-0.4, -0.2) is 18.0 Å². The Morgan fingerprint density at radius 2 is 2.10 bits per heavy atom. The number of carbonyl (C=O) groups excluding carboxylic acids is 1. The molecule has 4 atom stereocenters. The number of amides is 1. The van der Waals surface area contributed by atoms with E-state index in [1.807, 2.05) is 19.1 Å². The topological polar surface area (TPSA) is 41.1 Å². The Hall–Kier alpha value is -1.06. The van der Waals surface area contributed by atoms with Gasteiger partial charge in [0.05, 0.1) is 6.04 Å². The third kappa shape index (κ3) is 4.45. The molecular formula is C17H25ClN2O. The first kappa shape index (κ1) is 16.3. The van der Waals surface area contributed by atoms with Gasteiger partial charge in [-0.25, -0.2) is 0 Å². The molecule has 0 radical (unpaired) electrons. The van der Waals surface area contributed by atoms with Crippen LogP contribution in [-0.2, 0) is 4.79 Å². The van der Waals surface area contributed by atoms with Crippen LogP contribution in [0.5, 0.6) is 0 Å². The van der Waals surface area contributed by atoms with Crippen molar-refractivity contribution in [2.45, 2.75) is 52.1 Å². The predicted molar refractivity (Wildman–Crippen MR) is 88.6 cm³/mol. The van der Waals surface area contributed by atoms with E-state index in [2.05, 4.69) is 24.5 Å². The molecule has 2 rings (SSSR count). The Kier molecular flexibility index (Phi) is 5.65. The lowest BCUT2D eigenvalue weighted by atomic mass is 9.78. The standard InChI is InChI=1S/C17H25ClN2O/c1-11-6-4-9-16(12(11)2)19-13(3)17(21)20-15-8-5-7-14(18)10-15/h5,7-8,10-13,16,19H,4,6,9H2,1-3H3,(H,20,21)/t11-,12-,13+,16+/m1/s1. The van der Waals surface area contributed by atoms with E-state index in [1.165, 1.54) is 12.8 Å². The van der Waals surface area contributed by atoms with Gasteiger partial charge in [0, 0.05) is 16.8 Å². The van der Waals surface area contributed by atoms with E-state index in [-0.39, 0.29) is 11.9 Å². The van der Waals surface area contributed by atoms with E-state index in [0.717, 1.165) is 18.0 Å². The molecule has 1 aromatic rings. The highest BCUT2D eigenvalue weighted by atomic mass is 35.5. The van der Waals surface area contributed by atoms with Gasteiger partial charge < -0.3 is 10.6 Å². The quantitative estimate of drug-likeness (QED) is 0.880. The van der Waals surface area contributed by atoms with Crippen molar-refractivity contribution in [3.8, 4) is 0 Å². The molecule has 2 N–H and O–H groups in total. The van der Waals surface area contributed by atoms with Crippen LogP contribution in [0.1, 0.15) is 40.0 Å². The van der Waals surface area contributed by atoms with E-state index in [1.54, 1.807) is 12.1 Å². The van der Waals surface area contributed by atoms with E-state index in [9.17, 15) is 4.79 Å². The maximum atomic E-state index is 12.3. The van der Waals surface area contributed by atoms with Crippen molar-refractivity contribution in [2.24, 2.45) is 11.8 Å². The summed E-state index contributed by atoms with van der Waals surface area (Å²) < 4.78 is 0. The number of benzene rings is 1. The minimum Gasteiger partial charge on any atom is -0.325 e. The molecule has 0 unspecified atom stereocenters. The summed E-state index contributed by atoms with van der Waals surface area (Å²) in [6.07, 6.45) is 3.69. The van der Waals surface area contributed by atoms with Crippen LogP contribution >= 0.6 is 11.6 Å².